The highest BCUT2D eigenvalue weighted by molar-refractivity contribution is 5.19. The quantitative estimate of drug-likeness (QED) is 0.739. The van der Waals surface area contributed by atoms with Gasteiger partial charge in [0.1, 0.15) is 0 Å². The molecule has 1 unspecified atom stereocenters. The molecule has 0 saturated heterocycles. The number of nitrogens with one attached hydrogen (secondary N) is 1. The summed E-state index contributed by atoms with van der Waals surface area (Å²) in [4.78, 5) is 0. The van der Waals surface area contributed by atoms with Crippen LogP contribution >= 0.6 is 0 Å². The van der Waals surface area contributed by atoms with E-state index in [0.29, 0.717) is 18.5 Å². The second-order valence-corrected chi connectivity index (χ2v) is 4.44. The summed E-state index contributed by atoms with van der Waals surface area (Å²) >= 11 is 0. The van der Waals surface area contributed by atoms with Crippen molar-refractivity contribution in [3.05, 3.63) is 35.9 Å². The molecule has 0 bridgehead atoms. The number of ether oxygens (including phenoxy) is 2. The average molecular weight is 237 g/mol. The zero-order valence-corrected chi connectivity index (χ0v) is 11.1. The molecule has 3 heteroatoms. The first-order valence-corrected chi connectivity index (χ1v) is 6.03. The fourth-order valence-corrected chi connectivity index (χ4v) is 1.88. The van der Waals surface area contributed by atoms with Crippen LogP contribution < -0.4 is 5.32 Å². The Bertz CT molecular complexity index is 296. The molecule has 1 rings (SSSR count). The molecule has 0 aliphatic rings. The molecule has 0 spiro atoms. The summed E-state index contributed by atoms with van der Waals surface area (Å²) < 4.78 is 10.4. The number of benzene rings is 1. The lowest BCUT2D eigenvalue weighted by Gasteiger charge is -2.25. The minimum atomic E-state index is -0.194. The number of methoxy groups -OCH3 is 2. The van der Waals surface area contributed by atoms with Gasteiger partial charge in [-0.05, 0) is 11.5 Å². The van der Waals surface area contributed by atoms with E-state index < -0.39 is 0 Å². The van der Waals surface area contributed by atoms with Crippen molar-refractivity contribution in [1.29, 1.82) is 0 Å². The van der Waals surface area contributed by atoms with Crippen molar-refractivity contribution in [2.24, 2.45) is 5.92 Å². The van der Waals surface area contributed by atoms with E-state index in [1.807, 2.05) is 6.07 Å². The van der Waals surface area contributed by atoms with Gasteiger partial charge >= 0.3 is 0 Å². The van der Waals surface area contributed by atoms with E-state index in [4.69, 9.17) is 9.47 Å². The van der Waals surface area contributed by atoms with Crippen molar-refractivity contribution in [3.63, 3.8) is 0 Å². The minimum absolute atomic E-state index is 0.194. The molecular weight excluding hydrogens is 214 g/mol. The third-order valence-corrected chi connectivity index (χ3v) is 2.86. The van der Waals surface area contributed by atoms with Gasteiger partial charge in [0, 0.05) is 26.8 Å². The second-order valence-electron chi connectivity index (χ2n) is 4.44. The van der Waals surface area contributed by atoms with Gasteiger partial charge in [-0.2, -0.15) is 0 Å². The van der Waals surface area contributed by atoms with Crippen LogP contribution in [0, 0.1) is 5.92 Å². The first-order chi connectivity index (χ1) is 8.19. The van der Waals surface area contributed by atoms with Gasteiger partial charge in [-0.3, -0.25) is 0 Å². The van der Waals surface area contributed by atoms with Gasteiger partial charge in [0.25, 0.3) is 0 Å². The Morgan fingerprint density at radius 1 is 1.06 bits per heavy atom. The van der Waals surface area contributed by atoms with Crippen molar-refractivity contribution in [2.75, 3.05) is 20.8 Å². The Kier molecular flexibility index (Phi) is 6.19. The highest BCUT2D eigenvalue weighted by atomic mass is 16.7. The summed E-state index contributed by atoms with van der Waals surface area (Å²) in [5.74, 6) is 0.520. The second kappa shape index (κ2) is 7.43. The van der Waals surface area contributed by atoms with Gasteiger partial charge in [-0.15, -0.1) is 0 Å². The molecule has 1 aromatic carbocycles. The molecule has 96 valence electrons. The number of hydrogen-bond acceptors (Lipinski definition) is 3. The smallest absolute Gasteiger partial charge is 0.169 e. The van der Waals surface area contributed by atoms with Crippen molar-refractivity contribution in [3.8, 4) is 0 Å². The molecule has 1 atom stereocenters. The van der Waals surface area contributed by atoms with Crippen molar-refractivity contribution in [2.45, 2.75) is 26.2 Å². The molecular formula is C14H23NO2. The van der Waals surface area contributed by atoms with Crippen LogP contribution in [0.4, 0.5) is 0 Å². The molecule has 0 fully saturated rings. The zero-order chi connectivity index (χ0) is 12.7. The van der Waals surface area contributed by atoms with Gasteiger partial charge < -0.3 is 14.8 Å². The van der Waals surface area contributed by atoms with Crippen LogP contribution in [0.3, 0.4) is 0 Å². The molecule has 0 heterocycles. The van der Waals surface area contributed by atoms with Crippen LogP contribution in [0.1, 0.15) is 25.5 Å². The summed E-state index contributed by atoms with van der Waals surface area (Å²) in [5, 5.41) is 3.49. The van der Waals surface area contributed by atoms with Crippen LogP contribution in [-0.4, -0.2) is 27.1 Å². The Morgan fingerprint density at radius 2 is 1.65 bits per heavy atom. The monoisotopic (exact) mass is 237 g/mol. The summed E-state index contributed by atoms with van der Waals surface area (Å²) in [7, 11) is 3.31. The lowest BCUT2D eigenvalue weighted by molar-refractivity contribution is -0.100. The van der Waals surface area contributed by atoms with Crippen molar-refractivity contribution in [1.82, 2.24) is 5.32 Å². The number of rotatable bonds is 7. The Morgan fingerprint density at radius 3 is 2.12 bits per heavy atom. The minimum Gasteiger partial charge on any atom is -0.355 e. The van der Waals surface area contributed by atoms with Gasteiger partial charge in [-0.25, -0.2) is 0 Å². The highest BCUT2D eigenvalue weighted by Gasteiger charge is 2.16. The maximum Gasteiger partial charge on any atom is 0.169 e. The maximum absolute atomic E-state index is 5.18. The predicted molar refractivity (Wildman–Crippen MR) is 69.8 cm³/mol. The summed E-state index contributed by atoms with van der Waals surface area (Å²) in [6.45, 7) is 5.10. The van der Waals surface area contributed by atoms with Gasteiger partial charge in [0.15, 0.2) is 6.29 Å². The predicted octanol–water partition coefficient (Wildman–Crippen LogP) is 2.59. The van der Waals surface area contributed by atoms with E-state index in [9.17, 15) is 0 Å². The number of hydrogen-bond donors (Lipinski definition) is 1. The molecule has 0 aliphatic carbocycles. The Labute approximate surface area is 104 Å². The van der Waals surface area contributed by atoms with Gasteiger partial charge in [0.05, 0.1) is 0 Å². The van der Waals surface area contributed by atoms with E-state index in [0.717, 1.165) is 0 Å². The lowest BCUT2D eigenvalue weighted by Crippen LogP contribution is -2.34. The van der Waals surface area contributed by atoms with E-state index in [1.54, 1.807) is 14.2 Å². The Hall–Kier alpha value is -0.900. The molecule has 1 aromatic rings. The standard InChI is InChI=1S/C14H23NO2/c1-11(2)14(12-8-6-5-7-9-12)15-10-13(16-3)17-4/h5-9,11,13-15H,10H2,1-4H3. The SMILES string of the molecule is COC(CNC(c1ccccc1)C(C)C)OC. The molecule has 3 nitrogen and oxygen atoms in total. The first kappa shape index (κ1) is 14.2. The third kappa shape index (κ3) is 4.46. The first-order valence-electron chi connectivity index (χ1n) is 6.03. The van der Waals surface area contributed by atoms with Crippen LogP contribution in [0.15, 0.2) is 30.3 Å². The molecule has 1 N–H and O–H groups in total. The molecule has 0 radical (unpaired) electrons. The molecule has 0 aromatic heterocycles. The molecule has 0 amide bonds. The van der Waals surface area contributed by atoms with E-state index in [-0.39, 0.29) is 6.29 Å². The van der Waals surface area contributed by atoms with Crippen LogP contribution in [0.5, 0.6) is 0 Å². The van der Waals surface area contributed by atoms with Crippen molar-refractivity contribution >= 4 is 0 Å². The zero-order valence-electron chi connectivity index (χ0n) is 11.1. The fourth-order valence-electron chi connectivity index (χ4n) is 1.88. The average Bonchev–Trinajstić information content (AvgIpc) is 2.35. The summed E-state index contributed by atoms with van der Waals surface area (Å²) in [6, 6.07) is 10.8. The Balaban J connectivity index is 2.62. The van der Waals surface area contributed by atoms with Crippen LogP contribution in [0.25, 0.3) is 0 Å². The van der Waals surface area contributed by atoms with Crippen LogP contribution in [-0.2, 0) is 9.47 Å². The van der Waals surface area contributed by atoms with E-state index in [1.165, 1.54) is 5.56 Å². The summed E-state index contributed by atoms with van der Waals surface area (Å²) in [5.41, 5.74) is 1.30. The largest absolute Gasteiger partial charge is 0.355 e. The van der Waals surface area contributed by atoms with Gasteiger partial charge in [-0.1, -0.05) is 44.2 Å². The summed E-state index contributed by atoms with van der Waals surface area (Å²) in [6.07, 6.45) is -0.194. The normalized spacial score (nSPS) is 13.3. The van der Waals surface area contributed by atoms with Gasteiger partial charge in [0.2, 0.25) is 0 Å². The molecule has 17 heavy (non-hydrogen) atoms. The maximum atomic E-state index is 5.18. The lowest BCUT2D eigenvalue weighted by atomic mass is 9.96. The molecule has 0 saturated carbocycles. The van der Waals surface area contributed by atoms with E-state index >= 15 is 0 Å². The fraction of sp³-hybridized carbons (Fsp3) is 0.571. The molecule has 0 aliphatic heterocycles. The van der Waals surface area contributed by atoms with Crippen LogP contribution in [0.2, 0.25) is 0 Å². The highest BCUT2D eigenvalue weighted by Crippen LogP contribution is 2.21. The van der Waals surface area contributed by atoms with E-state index in [2.05, 4.69) is 43.4 Å². The van der Waals surface area contributed by atoms with Crippen molar-refractivity contribution < 1.29 is 9.47 Å². The topological polar surface area (TPSA) is 30.5 Å². The third-order valence-electron chi connectivity index (χ3n) is 2.86.